The van der Waals surface area contributed by atoms with E-state index in [1.54, 1.807) is 0 Å². The number of hydrogen-bond acceptors (Lipinski definition) is 3. The lowest BCUT2D eigenvalue weighted by Gasteiger charge is -1.96. The molecule has 4 nitrogen and oxygen atoms in total. The van der Waals surface area contributed by atoms with Crippen LogP contribution in [0, 0.1) is 0 Å². The van der Waals surface area contributed by atoms with Crippen LogP contribution in [0.1, 0.15) is 24.2 Å². The highest BCUT2D eigenvalue weighted by molar-refractivity contribution is 8.13. The molecule has 0 bridgehead atoms. The van der Waals surface area contributed by atoms with Crippen LogP contribution in [-0.4, -0.2) is 19.5 Å². The number of carboxylic acids is 1. The lowest BCUT2D eigenvalue weighted by molar-refractivity contribution is 0.0697. The standard InChI is InChI=1S/C7H5ClO4S.C2H6/c8-13(11,12)6-3-1-5(2-4-6)7(9)10;1-2/h1-4H,(H,9,10);1-2H3. The van der Waals surface area contributed by atoms with Gasteiger partial charge in [-0.1, -0.05) is 13.8 Å². The van der Waals surface area contributed by atoms with Crippen LogP contribution in [0.3, 0.4) is 0 Å². The van der Waals surface area contributed by atoms with Crippen LogP contribution < -0.4 is 0 Å². The maximum atomic E-state index is 10.7. The molecule has 84 valence electrons. The van der Waals surface area contributed by atoms with Gasteiger partial charge in [0.2, 0.25) is 0 Å². The van der Waals surface area contributed by atoms with Crippen molar-refractivity contribution in [1.29, 1.82) is 0 Å². The molecule has 0 atom stereocenters. The highest BCUT2D eigenvalue weighted by Gasteiger charge is 2.10. The number of hydrogen-bond donors (Lipinski definition) is 1. The van der Waals surface area contributed by atoms with Crippen LogP contribution in [-0.2, 0) is 9.05 Å². The number of carbonyl (C=O) groups is 1. The van der Waals surface area contributed by atoms with Gasteiger partial charge < -0.3 is 5.11 Å². The van der Waals surface area contributed by atoms with E-state index in [4.69, 9.17) is 15.8 Å². The fourth-order valence-corrected chi connectivity index (χ4v) is 1.53. The summed E-state index contributed by atoms with van der Waals surface area (Å²) in [7, 11) is 1.25. The molecule has 0 aliphatic rings. The summed E-state index contributed by atoms with van der Waals surface area (Å²) in [6.45, 7) is 4.00. The minimum Gasteiger partial charge on any atom is -0.478 e. The summed E-state index contributed by atoms with van der Waals surface area (Å²) in [4.78, 5) is 10.3. The minimum atomic E-state index is -3.77. The third kappa shape index (κ3) is 4.31. The fraction of sp³-hybridized carbons (Fsp3) is 0.222. The third-order valence-electron chi connectivity index (χ3n) is 1.38. The van der Waals surface area contributed by atoms with Crippen molar-refractivity contribution >= 4 is 25.7 Å². The summed E-state index contributed by atoms with van der Waals surface area (Å²) in [6, 6.07) is 4.65. The van der Waals surface area contributed by atoms with Crippen molar-refractivity contribution in [3.05, 3.63) is 29.8 Å². The van der Waals surface area contributed by atoms with Gasteiger partial charge in [0.05, 0.1) is 10.5 Å². The van der Waals surface area contributed by atoms with Crippen molar-refractivity contribution in [3.8, 4) is 0 Å². The monoisotopic (exact) mass is 250 g/mol. The second kappa shape index (κ2) is 5.72. The smallest absolute Gasteiger partial charge is 0.335 e. The van der Waals surface area contributed by atoms with Crippen LogP contribution in [0.25, 0.3) is 0 Å². The molecule has 0 aliphatic heterocycles. The first-order valence-electron chi connectivity index (χ1n) is 4.19. The van der Waals surface area contributed by atoms with E-state index in [0.717, 1.165) is 12.1 Å². The van der Waals surface area contributed by atoms with Gasteiger partial charge in [0.15, 0.2) is 0 Å². The van der Waals surface area contributed by atoms with E-state index < -0.39 is 15.0 Å². The van der Waals surface area contributed by atoms with E-state index in [2.05, 4.69) is 0 Å². The maximum absolute atomic E-state index is 10.7. The van der Waals surface area contributed by atoms with Gasteiger partial charge in [-0.15, -0.1) is 0 Å². The van der Waals surface area contributed by atoms with Gasteiger partial charge in [0.25, 0.3) is 9.05 Å². The Morgan fingerprint density at radius 2 is 1.60 bits per heavy atom. The average Bonchev–Trinajstić information content (AvgIpc) is 2.20. The summed E-state index contributed by atoms with van der Waals surface area (Å²) < 4.78 is 21.5. The zero-order valence-corrected chi connectivity index (χ0v) is 9.84. The van der Waals surface area contributed by atoms with Crippen molar-refractivity contribution in [3.63, 3.8) is 0 Å². The number of halogens is 1. The summed E-state index contributed by atoms with van der Waals surface area (Å²) in [6.07, 6.45) is 0. The SMILES string of the molecule is CC.O=C(O)c1ccc(S(=O)(=O)Cl)cc1. The molecule has 0 fully saturated rings. The molecule has 1 aromatic rings. The number of benzene rings is 1. The molecule has 0 saturated carbocycles. The summed E-state index contributed by atoms with van der Waals surface area (Å²) in [5.74, 6) is -1.11. The molecule has 0 amide bonds. The van der Waals surface area contributed by atoms with Crippen LogP contribution >= 0.6 is 10.7 Å². The first-order valence-corrected chi connectivity index (χ1v) is 6.50. The normalized spacial score (nSPS) is 10.1. The first-order chi connectivity index (χ1) is 6.91. The molecule has 1 aromatic carbocycles. The third-order valence-corrected chi connectivity index (χ3v) is 2.75. The van der Waals surface area contributed by atoms with Gasteiger partial charge in [0, 0.05) is 10.7 Å². The Labute approximate surface area is 92.9 Å². The second-order valence-corrected chi connectivity index (χ2v) is 4.83. The van der Waals surface area contributed by atoms with Crippen LogP contribution in [0.4, 0.5) is 0 Å². The average molecular weight is 251 g/mol. The van der Waals surface area contributed by atoms with Crippen molar-refractivity contribution in [2.45, 2.75) is 18.7 Å². The van der Waals surface area contributed by atoms with Gasteiger partial charge in [-0.3, -0.25) is 0 Å². The fourth-order valence-electron chi connectivity index (χ4n) is 0.760. The molecular weight excluding hydrogens is 240 g/mol. The molecule has 6 heteroatoms. The first kappa shape index (κ1) is 13.9. The molecule has 0 saturated heterocycles. The molecule has 0 radical (unpaired) electrons. The maximum Gasteiger partial charge on any atom is 0.335 e. The van der Waals surface area contributed by atoms with Gasteiger partial charge in [-0.2, -0.15) is 0 Å². The van der Waals surface area contributed by atoms with E-state index in [-0.39, 0.29) is 10.5 Å². The van der Waals surface area contributed by atoms with E-state index in [1.165, 1.54) is 12.1 Å². The topological polar surface area (TPSA) is 71.4 Å². The Bertz CT molecular complexity index is 422. The highest BCUT2D eigenvalue weighted by atomic mass is 35.7. The molecule has 1 N–H and O–H groups in total. The minimum absolute atomic E-state index is 0.0177. The quantitative estimate of drug-likeness (QED) is 0.818. The lowest BCUT2D eigenvalue weighted by atomic mass is 10.2. The Morgan fingerprint density at radius 3 is 1.87 bits per heavy atom. The molecule has 15 heavy (non-hydrogen) atoms. The second-order valence-electron chi connectivity index (χ2n) is 2.27. The lowest BCUT2D eigenvalue weighted by Crippen LogP contribution is -1.97. The molecule has 0 aliphatic carbocycles. The van der Waals surface area contributed by atoms with Gasteiger partial charge >= 0.3 is 5.97 Å². The predicted molar refractivity (Wildman–Crippen MR) is 57.8 cm³/mol. The predicted octanol–water partition coefficient (Wildman–Crippen LogP) is 2.34. The molecule has 0 heterocycles. The van der Waals surface area contributed by atoms with Crippen molar-refractivity contribution in [1.82, 2.24) is 0 Å². The molecule has 0 spiro atoms. The number of rotatable bonds is 2. The van der Waals surface area contributed by atoms with Crippen molar-refractivity contribution < 1.29 is 18.3 Å². The Kier molecular flexibility index (Phi) is 5.32. The Morgan fingerprint density at radius 1 is 1.20 bits per heavy atom. The van der Waals surface area contributed by atoms with Crippen molar-refractivity contribution in [2.75, 3.05) is 0 Å². The van der Waals surface area contributed by atoms with Crippen LogP contribution in [0.5, 0.6) is 0 Å². The van der Waals surface area contributed by atoms with Gasteiger partial charge in [0.1, 0.15) is 0 Å². The molecular formula is C9H11ClO4S. The van der Waals surface area contributed by atoms with Crippen LogP contribution in [0.15, 0.2) is 29.2 Å². The van der Waals surface area contributed by atoms with E-state index in [0.29, 0.717) is 0 Å². The van der Waals surface area contributed by atoms with E-state index >= 15 is 0 Å². The number of carboxylic acid groups (broad SMARTS) is 1. The van der Waals surface area contributed by atoms with Crippen LogP contribution in [0.2, 0.25) is 0 Å². The number of aromatic carboxylic acids is 1. The Balaban J connectivity index is 0.000000921. The van der Waals surface area contributed by atoms with E-state index in [1.807, 2.05) is 13.8 Å². The molecule has 1 rings (SSSR count). The van der Waals surface area contributed by atoms with E-state index in [9.17, 15) is 13.2 Å². The molecule has 0 unspecified atom stereocenters. The van der Waals surface area contributed by atoms with Gasteiger partial charge in [-0.05, 0) is 24.3 Å². The summed E-state index contributed by atoms with van der Waals surface area (Å²) in [5.41, 5.74) is 0.0177. The molecule has 0 aromatic heterocycles. The van der Waals surface area contributed by atoms with Gasteiger partial charge in [-0.25, -0.2) is 13.2 Å². The zero-order chi connectivity index (χ0) is 12.1. The highest BCUT2D eigenvalue weighted by Crippen LogP contribution is 2.14. The summed E-state index contributed by atoms with van der Waals surface area (Å²) >= 11 is 0. The Hall–Kier alpha value is -1.07. The largest absolute Gasteiger partial charge is 0.478 e. The summed E-state index contributed by atoms with van der Waals surface area (Å²) in [5, 5.41) is 8.50. The zero-order valence-electron chi connectivity index (χ0n) is 8.27. The van der Waals surface area contributed by atoms with Crippen molar-refractivity contribution in [2.24, 2.45) is 0 Å².